The zero-order valence-electron chi connectivity index (χ0n) is 8.31. The van der Waals surface area contributed by atoms with Crippen molar-refractivity contribution in [1.82, 2.24) is 14.8 Å². The Morgan fingerprint density at radius 2 is 2.36 bits per heavy atom. The van der Waals surface area contributed by atoms with E-state index in [0.29, 0.717) is 11.8 Å². The summed E-state index contributed by atoms with van der Waals surface area (Å²) >= 11 is 3.47. The van der Waals surface area contributed by atoms with E-state index in [1.54, 1.807) is 11.0 Å². The highest BCUT2D eigenvalue weighted by Crippen LogP contribution is 2.15. The van der Waals surface area contributed by atoms with Gasteiger partial charge in [-0.05, 0) is 11.8 Å². The molecule has 0 spiro atoms. The summed E-state index contributed by atoms with van der Waals surface area (Å²) in [7, 11) is 0. The van der Waals surface area contributed by atoms with Gasteiger partial charge in [-0.2, -0.15) is 5.26 Å². The van der Waals surface area contributed by atoms with Gasteiger partial charge in [0, 0.05) is 11.9 Å². The van der Waals surface area contributed by atoms with E-state index in [2.05, 4.69) is 39.9 Å². The van der Waals surface area contributed by atoms with Gasteiger partial charge in [0.2, 0.25) is 0 Å². The smallest absolute Gasteiger partial charge is 0.251 e. The van der Waals surface area contributed by atoms with Crippen LogP contribution in [-0.2, 0) is 6.54 Å². The fraction of sp³-hybridized carbons (Fsp3) is 0.667. The van der Waals surface area contributed by atoms with Crippen molar-refractivity contribution < 1.29 is 0 Å². The second-order valence-corrected chi connectivity index (χ2v) is 4.21. The minimum Gasteiger partial charge on any atom is -0.251 e. The maximum absolute atomic E-state index is 8.55. The number of nitriles is 1. The van der Waals surface area contributed by atoms with Crippen LogP contribution in [0.25, 0.3) is 0 Å². The number of hydrogen-bond donors (Lipinski definition) is 0. The first-order valence-electron chi connectivity index (χ1n) is 4.53. The van der Waals surface area contributed by atoms with Crippen LogP contribution in [0.3, 0.4) is 0 Å². The molecule has 0 radical (unpaired) electrons. The van der Waals surface area contributed by atoms with Crippen molar-refractivity contribution in [3.8, 4) is 6.07 Å². The predicted molar refractivity (Wildman–Crippen MR) is 56.9 cm³/mol. The SMILES string of the molecule is CC(C)C(CBr)Cn1cnc(C#N)n1. The van der Waals surface area contributed by atoms with Crippen LogP contribution in [-0.4, -0.2) is 20.1 Å². The lowest BCUT2D eigenvalue weighted by Gasteiger charge is -2.17. The summed E-state index contributed by atoms with van der Waals surface area (Å²) in [4.78, 5) is 3.86. The molecule has 0 aliphatic carbocycles. The second kappa shape index (κ2) is 5.11. The van der Waals surface area contributed by atoms with Crippen molar-refractivity contribution in [1.29, 1.82) is 5.26 Å². The summed E-state index contributed by atoms with van der Waals surface area (Å²) < 4.78 is 1.73. The Balaban J connectivity index is 2.63. The zero-order chi connectivity index (χ0) is 10.6. The molecule has 5 heteroatoms. The maximum atomic E-state index is 8.55. The third kappa shape index (κ3) is 2.81. The highest BCUT2D eigenvalue weighted by Gasteiger charge is 2.13. The van der Waals surface area contributed by atoms with E-state index in [1.165, 1.54) is 0 Å². The Labute approximate surface area is 92.1 Å². The molecule has 0 fully saturated rings. The highest BCUT2D eigenvalue weighted by atomic mass is 79.9. The van der Waals surface area contributed by atoms with Gasteiger partial charge in [-0.1, -0.05) is 29.8 Å². The molecule has 0 amide bonds. The van der Waals surface area contributed by atoms with E-state index in [-0.39, 0.29) is 5.82 Å². The number of rotatable bonds is 4. The van der Waals surface area contributed by atoms with Crippen molar-refractivity contribution in [3.63, 3.8) is 0 Å². The van der Waals surface area contributed by atoms with Gasteiger partial charge in [-0.15, -0.1) is 5.10 Å². The molecule has 0 saturated heterocycles. The van der Waals surface area contributed by atoms with E-state index < -0.39 is 0 Å². The van der Waals surface area contributed by atoms with Gasteiger partial charge in [-0.25, -0.2) is 4.98 Å². The molecule has 0 bridgehead atoms. The molecule has 0 saturated carbocycles. The molecule has 1 aromatic heterocycles. The van der Waals surface area contributed by atoms with Crippen molar-refractivity contribution in [3.05, 3.63) is 12.2 Å². The third-order valence-electron chi connectivity index (χ3n) is 2.20. The number of nitrogens with zero attached hydrogens (tertiary/aromatic N) is 4. The standard InChI is InChI=1S/C9H13BrN4/c1-7(2)8(3-10)5-14-6-12-9(4-11)13-14/h6-8H,3,5H2,1-2H3. The van der Waals surface area contributed by atoms with Crippen LogP contribution in [0.5, 0.6) is 0 Å². The predicted octanol–water partition coefficient (Wildman–Crippen LogP) is 1.82. The Morgan fingerprint density at radius 3 is 2.79 bits per heavy atom. The van der Waals surface area contributed by atoms with E-state index in [9.17, 15) is 0 Å². The summed E-state index contributed by atoms with van der Waals surface area (Å²) in [6.07, 6.45) is 1.61. The van der Waals surface area contributed by atoms with E-state index in [1.807, 2.05) is 6.07 Å². The minimum absolute atomic E-state index is 0.238. The fourth-order valence-corrected chi connectivity index (χ4v) is 2.06. The lowest BCUT2D eigenvalue weighted by molar-refractivity contribution is 0.356. The van der Waals surface area contributed by atoms with Crippen molar-refractivity contribution in [2.24, 2.45) is 11.8 Å². The molecule has 1 unspecified atom stereocenters. The van der Waals surface area contributed by atoms with Crippen LogP contribution in [0.1, 0.15) is 19.7 Å². The summed E-state index contributed by atoms with van der Waals surface area (Å²) in [5, 5.41) is 13.5. The first kappa shape index (κ1) is 11.2. The molecule has 76 valence electrons. The van der Waals surface area contributed by atoms with E-state index in [4.69, 9.17) is 5.26 Å². The Morgan fingerprint density at radius 1 is 1.64 bits per heavy atom. The second-order valence-electron chi connectivity index (χ2n) is 3.56. The lowest BCUT2D eigenvalue weighted by Crippen LogP contribution is -2.18. The molecule has 1 aromatic rings. The van der Waals surface area contributed by atoms with Gasteiger partial charge in [-0.3, -0.25) is 4.68 Å². The van der Waals surface area contributed by atoms with Crippen LogP contribution < -0.4 is 0 Å². The summed E-state index contributed by atoms with van der Waals surface area (Å²) in [6.45, 7) is 5.15. The van der Waals surface area contributed by atoms with E-state index in [0.717, 1.165) is 11.9 Å². The molecular formula is C9H13BrN4. The monoisotopic (exact) mass is 256 g/mol. The topological polar surface area (TPSA) is 54.5 Å². The van der Waals surface area contributed by atoms with Crippen molar-refractivity contribution >= 4 is 15.9 Å². The fourth-order valence-electron chi connectivity index (χ4n) is 1.11. The van der Waals surface area contributed by atoms with Gasteiger partial charge in [0.25, 0.3) is 5.82 Å². The molecule has 1 atom stereocenters. The lowest BCUT2D eigenvalue weighted by atomic mass is 9.98. The van der Waals surface area contributed by atoms with Crippen LogP contribution >= 0.6 is 15.9 Å². The summed E-state index contributed by atoms with van der Waals surface area (Å²) in [5.74, 6) is 1.34. The highest BCUT2D eigenvalue weighted by molar-refractivity contribution is 9.09. The van der Waals surface area contributed by atoms with Crippen molar-refractivity contribution in [2.75, 3.05) is 5.33 Å². The van der Waals surface area contributed by atoms with Gasteiger partial charge in [0.05, 0.1) is 0 Å². The zero-order valence-corrected chi connectivity index (χ0v) is 9.90. The molecule has 4 nitrogen and oxygen atoms in total. The van der Waals surface area contributed by atoms with Crippen molar-refractivity contribution in [2.45, 2.75) is 20.4 Å². The van der Waals surface area contributed by atoms with Crippen LogP contribution in [0.4, 0.5) is 0 Å². The summed E-state index contributed by atoms with van der Waals surface area (Å²) in [5.41, 5.74) is 0. The molecule has 0 aliphatic heterocycles. The molecule has 0 N–H and O–H groups in total. The van der Waals surface area contributed by atoms with Crippen LogP contribution in [0, 0.1) is 23.2 Å². The Kier molecular flexibility index (Phi) is 4.08. The van der Waals surface area contributed by atoms with Crippen LogP contribution in [0.2, 0.25) is 0 Å². The first-order chi connectivity index (χ1) is 6.67. The van der Waals surface area contributed by atoms with Crippen LogP contribution in [0.15, 0.2) is 6.33 Å². The first-order valence-corrected chi connectivity index (χ1v) is 5.65. The average Bonchev–Trinajstić information content (AvgIpc) is 2.61. The van der Waals surface area contributed by atoms with Gasteiger partial charge in [0.1, 0.15) is 12.4 Å². The molecule has 0 aliphatic rings. The minimum atomic E-state index is 0.238. The van der Waals surface area contributed by atoms with Gasteiger partial charge in [0.15, 0.2) is 0 Å². The number of alkyl halides is 1. The van der Waals surface area contributed by atoms with E-state index >= 15 is 0 Å². The molecule has 1 heterocycles. The molecule has 0 aromatic carbocycles. The molecule has 1 rings (SSSR count). The number of halogens is 1. The normalized spacial score (nSPS) is 12.8. The Bertz CT molecular complexity index is 326. The van der Waals surface area contributed by atoms with Gasteiger partial charge < -0.3 is 0 Å². The summed E-state index contributed by atoms with van der Waals surface area (Å²) in [6, 6.07) is 1.91. The Hall–Kier alpha value is -0.890. The molecular weight excluding hydrogens is 244 g/mol. The maximum Gasteiger partial charge on any atom is 0.252 e. The number of aromatic nitrogens is 3. The third-order valence-corrected chi connectivity index (χ3v) is 3.03. The quantitative estimate of drug-likeness (QED) is 0.773. The molecule has 14 heavy (non-hydrogen) atoms. The van der Waals surface area contributed by atoms with Gasteiger partial charge >= 0.3 is 0 Å². The average molecular weight is 257 g/mol. The number of hydrogen-bond acceptors (Lipinski definition) is 3. The largest absolute Gasteiger partial charge is 0.252 e.